The third kappa shape index (κ3) is 7.54. The zero-order valence-electron chi connectivity index (χ0n) is 22.4. The number of hydrogen-bond donors (Lipinski definition) is 1. The van der Waals surface area contributed by atoms with E-state index in [1.165, 1.54) is 11.0 Å². The number of benzene rings is 3. The van der Waals surface area contributed by atoms with Gasteiger partial charge in [0.25, 0.3) is 0 Å². The smallest absolute Gasteiger partial charge is 0.244 e. The van der Waals surface area contributed by atoms with Gasteiger partial charge in [0.05, 0.1) is 11.9 Å². The summed E-state index contributed by atoms with van der Waals surface area (Å²) >= 11 is 3.43. The summed E-state index contributed by atoms with van der Waals surface area (Å²) in [7, 11) is -3.88. The van der Waals surface area contributed by atoms with Gasteiger partial charge in [0, 0.05) is 30.0 Å². The van der Waals surface area contributed by atoms with E-state index in [1.807, 2.05) is 61.5 Å². The average molecular weight is 631 g/mol. The highest BCUT2D eigenvalue weighted by molar-refractivity contribution is 9.10. The number of sulfonamides is 1. The van der Waals surface area contributed by atoms with Gasteiger partial charge in [0.1, 0.15) is 12.6 Å². The number of carbonyl (C=O) groups is 2. The summed E-state index contributed by atoms with van der Waals surface area (Å²) in [5, 5.41) is 2.92. The van der Waals surface area contributed by atoms with Crippen LogP contribution in [-0.4, -0.2) is 57.3 Å². The van der Waals surface area contributed by atoms with Crippen molar-refractivity contribution in [2.75, 3.05) is 30.4 Å². The average Bonchev–Trinajstić information content (AvgIpc) is 3.41. The van der Waals surface area contributed by atoms with Gasteiger partial charge in [-0.05, 0) is 41.8 Å². The summed E-state index contributed by atoms with van der Waals surface area (Å²) in [5.74, 6) is 0.0749. The van der Waals surface area contributed by atoms with Crippen molar-refractivity contribution in [3.05, 3.63) is 88.4 Å². The van der Waals surface area contributed by atoms with Gasteiger partial charge in [0.2, 0.25) is 28.6 Å². The second-order valence-electron chi connectivity index (χ2n) is 9.45. The lowest BCUT2D eigenvalue weighted by Gasteiger charge is -2.33. The number of nitrogens with one attached hydrogen (secondary N) is 1. The Hall–Kier alpha value is -3.57. The minimum absolute atomic E-state index is 0.0333. The molecule has 0 unspecified atom stereocenters. The molecule has 4 rings (SSSR count). The minimum Gasteiger partial charge on any atom is -0.454 e. The predicted molar refractivity (Wildman–Crippen MR) is 157 cm³/mol. The Morgan fingerprint density at radius 3 is 2.35 bits per heavy atom. The van der Waals surface area contributed by atoms with Crippen molar-refractivity contribution in [2.24, 2.45) is 0 Å². The minimum atomic E-state index is -3.88. The summed E-state index contributed by atoms with van der Waals surface area (Å²) in [6.07, 6.45) is 2.04. The molecule has 11 heteroatoms. The largest absolute Gasteiger partial charge is 0.454 e. The van der Waals surface area contributed by atoms with Crippen LogP contribution in [0, 0.1) is 0 Å². The van der Waals surface area contributed by atoms with E-state index in [0.29, 0.717) is 18.0 Å². The van der Waals surface area contributed by atoms with Crippen molar-refractivity contribution < 1.29 is 27.5 Å². The highest BCUT2D eigenvalue weighted by atomic mass is 79.9. The molecule has 1 atom stereocenters. The Balaban J connectivity index is 1.71. The molecular weight excluding hydrogens is 598 g/mol. The fourth-order valence-electron chi connectivity index (χ4n) is 4.36. The number of carbonyl (C=O) groups excluding carboxylic acids is 2. The molecule has 1 aliphatic heterocycles. The molecule has 1 aliphatic rings. The second-order valence-corrected chi connectivity index (χ2v) is 12.3. The summed E-state index contributed by atoms with van der Waals surface area (Å²) in [5.41, 5.74) is 1.94. The highest BCUT2D eigenvalue weighted by Crippen LogP contribution is 2.36. The summed E-state index contributed by atoms with van der Waals surface area (Å²) in [6, 6.07) is 20.7. The van der Waals surface area contributed by atoms with Gasteiger partial charge < -0.3 is 19.7 Å². The Kier molecular flexibility index (Phi) is 9.70. The lowest BCUT2D eigenvalue weighted by Crippen LogP contribution is -2.53. The summed E-state index contributed by atoms with van der Waals surface area (Å²) < 4.78 is 38.5. The van der Waals surface area contributed by atoms with E-state index in [9.17, 15) is 18.0 Å². The SMILES string of the molecule is CCCNC(=O)[C@H](Cc1ccccc1)N(Cc1ccc(Br)cc1)C(=O)CN(c1ccc2c(c1)OCO2)S(C)(=O)=O. The van der Waals surface area contributed by atoms with Crippen LogP contribution in [0.5, 0.6) is 11.5 Å². The fourth-order valence-corrected chi connectivity index (χ4v) is 5.47. The van der Waals surface area contributed by atoms with E-state index >= 15 is 0 Å². The van der Waals surface area contributed by atoms with Crippen LogP contribution >= 0.6 is 15.9 Å². The van der Waals surface area contributed by atoms with Gasteiger partial charge in [-0.25, -0.2) is 8.42 Å². The molecular formula is C29H32BrN3O6S. The Bertz CT molecular complexity index is 1430. The third-order valence-electron chi connectivity index (χ3n) is 6.41. The molecule has 212 valence electrons. The highest BCUT2D eigenvalue weighted by Gasteiger charge is 2.33. The standard InChI is InChI=1S/C29H32BrN3O6S/c1-3-15-31-29(35)25(16-21-7-5-4-6-8-21)32(18-22-9-11-23(30)12-10-22)28(34)19-33(40(2,36)37)24-13-14-26-27(17-24)39-20-38-26/h4-14,17,25H,3,15-16,18-20H2,1-2H3,(H,31,35)/t25-/m0/s1. The fraction of sp³-hybridized carbons (Fsp3) is 0.310. The second kappa shape index (κ2) is 13.2. The van der Waals surface area contributed by atoms with Crippen LogP contribution in [0.1, 0.15) is 24.5 Å². The lowest BCUT2D eigenvalue weighted by molar-refractivity contribution is -0.140. The van der Waals surface area contributed by atoms with Crippen molar-refractivity contribution in [1.29, 1.82) is 0 Å². The molecule has 40 heavy (non-hydrogen) atoms. The van der Waals surface area contributed by atoms with Crippen molar-refractivity contribution in [3.63, 3.8) is 0 Å². The Labute approximate surface area is 243 Å². The lowest BCUT2D eigenvalue weighted by atomic mass is 10.0. The number of fused-ring (bicyclic) bond motifs is 1. The summed E-state index contributed by atoms with van der Waals surface area (Å²) in [4.78, 5) is 29.0. The number of rotatable bonds is 12. The van der Waals surface area contributed by atoms with Crippen LogP contribution in [0.2, 0.25) is 0 Å². The number of halogens is 1. The van der Waals surface area contributed by atoms with Crippen molar-refractivity contribution in [1.82, 2.24) is 10.2 Å². The van der Waals surface area contributed by atoms with E-state index in [4.69, 9.17) is 9.47 Å². The first-order chi connectivity index (χ1) is 19.2. The van der Waals surface area contributed by atoms with E-state index < -0.39 is 28.5 Å². The van der Waals surface area contributed by atoms with E-state index in [1.54, 1.807) is 12.1 Å². The first-order valence-electron chi connectivity index (χ1n) is 12.9. The molecule has 0 aromatic heterocycles. The molecule has 0 radical (unpaired) electrons. The molecule has 0 saturated heterocycles. The molecule has 0 aliphatic carbocycles. The van der Waals surface area contributed by atoms with Crippen LogP contribution in [0.3, 0.4) is 0 Å². The molecule has 0 spiro atoms. The van der Waals surface area contributed by atoms with Crippen molar-refractivity contribution in [3.8, 4) is 11.5 Å². The van der Waals surface area contributed by atoms with Crippen LogP contribution in [-0.2, 0) is 32.6 Å². The molecule has 0 saturated carbocycles. The van der Waals surface area contributed by atoms with Crippen LogP contribution in [0.15, 0.2) is 77.3 Å². The molecule has 3 aromatic carbocycles. The van der Waals surface area contributed by atoms with Gasteiger partial charge in [0.15, 0.2) is 11.5 Å². The molecule has 0 bridgehead atoms. The van der Waals surface area contributed by atoms with Crippen molar-refractivity contribution in [2.45, 2.75) is 32.4 Å². The van der Waals surface area contributed by atoms with Gasteiger partial charge in [-0.1, -0.05) is 65.3 Å². The first-order valence-corrected chi connectivity index (χ1v) is 15.5. The number of amides is 2. The maximum absolute atomic E-state index is 14.1. The predicted octanol–water partition coefficient (Wildman–Crippen LogP) is 4.11. The van der Waals surface area contributed by atoms with E-state index in [2.05, 4.69) is 21.2 Å². The number of ether oxygens (including phenoxy) is 2. The zero-order chi connectivity index (χ0) is 28.7. The Morgan fingerprint density at radius 1 is 0.975 bits per heavy atom. The summed E-state index contributed by atoms with van der Waals surface area (Å²) in [6.45, 7) is 2.05. The van der Waals surface area contributed by atoms with Crippen LogP contribution in [0.25, 0.3) is 0 Å². The van der Waals surface area contributed by atoms with Gasteiger partial charge in [-0.2, -0.15) is 0 Å². The quantitative estimate of drug-likeness (QED) is 0.323. The molecule has 0 fully saturated rings. The Morgan fingerprint density at radius 2 is 1.68 bits per heavy atom. The van der Waals surface area contributed by atoms with Gasteiger partial charge in [-0.3, -0.25) is 13.9 Å². The van der Waals surface area contributed by atoms with E-state index in [0.717, 1.165) is 32.6 Å². The van der Waals surface area contributed by atoms with Gasteiger partial charge >= 0.3 is 0 Å². The molecule has 1 heterocycles. The normalized spacial score (nSPS) is 13.0. The van der Waals surface area contributed by atoms with Crippen molar-refractivity contribution >= 4 is 43.5 Å². The monoisotopic (exact) mass is 629 g/mol. The molecule has 9 nitrogen and oxygen atoms in total. The maximum atomic E-state index is 14.1. The van der Waals surface area contributed by atoms with Crippen LogP contribution in [0.4, 0.5) is 5.69 Å². The van der Waals surface area contributed by atoms with Crippen LogP contribution < -0.4 is 19.1 Å². The third-order valence-corrected chi connectivity index (χ3v) is 8.08. The van der Waals surface area contributed by atoms with Gasteiger partial charge in [-0.15, -0.1) is 0 Å². The maximum Gasteiger partial charge on any atom is 0.244 e. The number of anilines is 1. The molecule has 1 N–H and O–H groups in total. The first kappa shape index (κ1) is 29.4. The number of nitrogens with zero attached hydrogens (tertiary/aromatic N) is 2. The molecule has 2 amide bonds. The zero-order valence-corrected chi connectivity index (χ0v) is 24.8. The molecule has 3 aromatic rings. The topological polar surface area (TPSA) is 105 Å². The number of hydrogen-bond acceptors (Lipinski definition) is 6. The van der Waals surface area contributed by atoms with E-state index in [-0.39, 0.29) is 31.4 Å².